The Morgan fingerprint density at radius 1 is 0.914 bits per heavy atom. The number of benzene rings is 3. The summed E-state index contributed by atoms with van der Waals surface area (Å²) in [5.41, 5.74) is 8.28. The van der Waals surface area contributed by atoms with Crippen molar-refractivity contribution in [3.63, 3.8) is 0 Å². The molecule has 4 aliphatic rings. The van der Waals surface area contributed by atoms with Crippen LogP contribution in [-0.4, -0.2) is 29.7 Å². The SMILES string of the molecule is COc1ccc2c(c1O)[C@]13C=CCC[C@H]1[C@H](C2)N(C1c2ccccc2CCc2ccccc21)CC3. The van der Waals surface area contributed by atoms with Gasteiger partial charge in [0.25, 0.3) is 0 Å². The molecule has 7 rings (SSSR count). The maximum Gasteiger partial charge on any atom is 0.162 e. The summed E-state index contributed by atoms with van der Waals surface area (Å²) in [4.78, 5) is 2.84. The quantitative estimate of drug-likeness (QED) is 0.465. The van der Waals surface area contributed by atoms with Gasteiger partial charge in [-0.1, -0.05) is 66.7 Å². The fourth-order valence-electron chi connectivity index (χ4n) is 7.98. The van der Waals surface area contributed by atoms with Crippen LogP contribution in [0.15, 0.2) is 72.8 Å². The Bertz CT molecular complexity index is 1280. The van der Waals surface area contributed by atoms with Crippen LogP contribution >= 0.6 is 0 Å². The largest absolute Gasteiger partial charge is 0.504 e. The maximum atomic E-state index is 11.3. The van der Waals surface area contributed by atoms with Gasteiger partial charge >= 0.3 is 0 Å². The lowest BCUT2D eigenvalue weighted by Crippen LogP contribution is -2.60. The van der Waals surface area contributed by atoms with Crippen molar-refractivity contribution in [2.24, 2.45) is 5.92 Å². The van der Waals surface area contributed by atoms with E-state index in [-0.39, 0.29) is 11.5 Å². The van der Waals surface area contributed by atoms with Crippen molar-refractivity contribution in [1.82, 2.24) is 4.90 Å². The lowest BCUT2D eigenvalue weighted by atomic mass is 9.54. The van der Waals surface area contributed by atoms with Gasteiger partial charge < -0.3 is 9.84 Å². The molecule has 0 amide bonds. The van der Waals surface area contributed by atoms with E-state index in [0.717, 1.165) is 44.2 Å². The highest BCUT2D eigenvalue weighted by atomic mass is 16.5. The van der Waals surface area contributed by atoms with Crippen LogP contribution in [0, 0.1) is 5.92 Å². The number of hydrogen-bond donors (Lipinski definition) is 1. The Labute approximate surface area is 208 Å². The van der Waals surface area contributed by atoms with Gasteiger partial charge in [0.05, 0.1) is 13.2 Å². The predicted molar refractivity (Wildman–Crippen MR) is 139 cm³/mol. The third kappa shape index (κ3) is 3.00. The van der Waals surface area contributed by atoms with Crippen molar-refractivity contribution in [2.45, 2.75) is 56.0 Å². The minimum absolute atomic E-state index is 0.102. The van der Waals surface area contributed by atoms with Crippen molar-refractivity contribution in [1.29, 1.82) is 0 Å². The third-order valence-corrected chi connectivity index (χ3v) is 9.43. The summed E-state index contributed by atoms with van der Waals surface area (Å²) >= 11 is 0. The molecule has 3 aromatic rings. The number of methoxy groups -OCH3 is 1. The summed E-state index contributed by atoms with van der Waals surface area (Å²) in [6, 6.07) is 23.2. The zero-order valence-electron chi connectivity index (χ0n) is 20.4. The van der Waals surface area contributed by atoms with Gasteiger partial charge in [-0.2, -0.15) is 0 Å². The summed E-state index contributed by atoms with van der Waals surface area (Å²) in [7, 11) is 1.66. The van der Waals surface area contributed by atoms with Gasteiger partial charge in [0, 0.05) is 23.6 Å². The number of likely N-dealkylation sites (tertiary alicyclic amines) is 1. The van der Waals surface area contributed by atoms with Gasteiger partial charge in [-0.15, -0.1) is 0 Å². The van der Waals surface area contributed by atoms with Crippen LogP contribution in [0.1, 0.15) is 58.7 Å². The zero-order valence-corrected chi connectivity index (χ0v) is 20.4. The number of aryl methyl sites for hydroxylation is 2. The molecule has 0 spiro atoms. The van der Waals surface area contributed by atoms with Crippen LogP contribution in [0.4, 0.5) is 0 Å². The summed E-state index contributed by atoms with van der Waals surface area (Å²) in [5, 5.41) is 11.3. The molecule has 1 heterocycles. The van der Waals surface area contributed by atoms with Crippen LogP contribution in [0.5, 0.6) is 11.5 Å². The van der Waals surface area contributed by atoms with Gasteiger partial charge in [-0.25, -0.2) is 0 Å². The van der Waals surface area contributed by atoms with E-state index in [0.29, 0.717) is 23.5 Å². The highest BCUT2D eigenvalue weighted by Gasteiger charge is 2.55. The molecule has 1 aliphatic heterocycles. The van der Waals surface area contributed by atoms with E-state index in [1.807, 2.05) is 6.07 Å². The second kappa shape index (κ2) is 7.99. The molecule has 3 aliphatic carbocycles. The molecule has 0 unspecified atom stereocenters. The van der Waals surface area contributed by atoms with E-state index in [4.69, 9.17) is 4.74 Å². The average molecular weight is 464 g/mol. The van der Waals surface area contributed by atoms with Crippen molar-refractivity contribution in [3.8, 4) is 11.5 Å². The van der Waals surface area contributed by atoms with E-state index < -0.39 is 0 Å². The molecular weight excluding hydrogens is 430 g/mol. The van der Waals surface area contributed by atoms with Gasteiger partial charge in [-0.05, 0) is 78.3 Å². The third-order valence-electron chi connectivity index (χ3n) is 9.43. The fourth-order valence-corrected chi connectivity index (χ4v) is 7.98. The summed E-state index contributed by atoms with van der Waals surface area (Å²) in [6.45, 7) is 1.02. The first kappa shape index (κ1) is 21.3. The van der Waals surface area contributed by atoms with Crippen molar-refractivity contribution in [3.05, 3.63) is 106 Å². The van der Waals surface area contributed by atoms with Crippen molar-refractivity contribution >= 4 is 0 Å². The molecule has 3 heteroatoms. The molecule has 0 radical (unpaired) electrons. The summed E-state index contributed by atoms with van der Waals surface area (Å²) in [5.74, 6) is 1.45. The number of fused-ring (bicyclic) bond motifs is 3. The van der Waals surface area contributed by atoms with E-state index >= 15 is 0 Å². The lowest BCUT2D eigenvalue weighted by Gasteiger charge is -2.59. The number of hydrogen-bond acceptors (Lipinski definition) is 3. The maximum absolute atomic E-state index is 11.3. The first-order chi connectivity index (χ1) is 17.2. The Kier molecular flexibility index (Phi) is 4.86. The average Bonchev–Trinajstić information content (AvgIpc) is 3.06. The van der Waals surface area contributed by atoms with Gasteiger partial charge in [0.15, 0.2) is 11.5 Å². The molecule has 1 fully saturated rings. The zero-order chi connectivity index (χ0) is 23.6. The number of allylic oxidation sites excluding steroid dienone is 2. The van der Waals surface area contributed by atoms with Crippen LogP contribution in [-0.2, 0) is 24.7 Å². The lowest BCUT2D eigenvalue weighted by molar-refractivity contribution is 0.00581. The van der Waals surface area contributed by atoms with Gasteiger partial charge in [0.1, 0.15) is 0 Å². The number of piperidine rings is 1. The molecular formula is C32H33NO2. The standard InChI is InChI=1S/C32H33NO2/c1-35-28-16-15-23-20-27-26-12-6-7-17-32(26,29(23)31(28)34)18-19-33(27)30-24-10-4-2-8-21(24)13-14-22-9-3-5-11-25(22)30/h2-5,7-11,15-17,26-27,30,34H,6,12-14,18-20H2,1H3/t26-,27-,32-/m0/s1. The molecule has 1 N–H and O–H groups in total. The fraction of sp³-hybridized carbons (Fsp3) is 0.375. The first-order valence-corrected chi connectivity index (χ1v) is 13.2. The smallest absolute Gasteiger partial charge is 0.162 e. The van der Waals surface area contributed by atoms with E-state index in [1.165, 1.54) is 34.2 Å². The van der Waals surface area contributed by atoms with Gasteiger partial charge in [-0.3, -0.25) is 4.90 Å². The van der Waals surface area contributed by atoms with Gasteiger partial charge in [0.2, 0.25) is 0 Å². The number of nitrogens with zero attached hydrogens (tertiary/aromatic N) is 1. The molecule has 3 atom stereocenters. The van der Waals surface area contributed by atoms with E-state index in [2.05, 4.69) is 71.6 Å². The Morgan fingerprint density at radius 2 is 1.63 bits per heavy atom. The molecule has 35 heavy (non-hydrogen) atoms. The number of phenolic OH excluding ortho intramolecular Hbond substituents is 1. The van der Waals surface area contributed by atoms with Crippen LogP contribution < -0.4 is 4.74 Å². The molecule has 3 aromatic carbocycles. The number of ether oxygens (including phenoxy) is 1. The second-order valence-electron chi connectivity index (χ2n) is 10.8. The predicted octanol–water partition coefficient (Wildman–Crippen LogP) is 6.12. The molecule has 3 nitrogen and oxygen atoms in total. The first-order valence-electron chi connectivity index (χ1n) is 13.2. The number of phenols is 1. The Hall–Kier alpha value is -3.04. The van der Waals surface area contributed by atoms with Crippen LogP contribution in [0.3, 0.4) is 0 Å². The van der Waals surface area contributed by atoms with E-state index in [9.17, 15) is 5.11 Å². The molecule has 1 saturated heterocycles. The Balaban J connectivity index is 1.41. The highest BCUT2D eigenvalue weighted by Crippen LogP contribution is 2.58. The topological polar surface area (TPSA) is 32.7 Å². The summed E-state index contributed by atoms with van der Waals surface area (Å²) in [6.07, 6.45) is 11.3. The van der Waals surface area contributed by atoms with Crippen LogP contribution in [0.25, 0.3) is 0 Å². The highest BCUT2D eigenvalue weighted by molar-refractivity contribution is 5.58. The van der Waals surface area contributed by atoms with Crippen molar-refractivity contribution in [2.75, 3.05) is 13.7 Å². The number of aromatic hydroxyl groups is 1. The molecule has 0 saturated carbocycles. The normalized spacial score (nSPS) is 27.2. The Morgan fingerprint density at radius 3 is 2.34 bits per heavy atom. The number of rotatable bonds is 2. The monoisotopic (exact) mass is 463 g/mol. The molecule has 0 aromatic heterocycles. The second-order valence-corrected chi connectivity index (χ2v) is 10.8. The van der Waals surface area contributed by atoms with Crippen molar-refractivity contribution < 1.29 is 9.84 Å². The molecule has 178 valence electrons. The minimum atomic E-state index is -0.102. The summed E-state index contributed by atoms with van der Waals surface area (Å²) < 4.78 is 5.55. The van der Waals surface area contributed by atoms with Crippen LogP contribution in [0.2, 0.25) is 0 Å². The van der Waals surface area contributed by atoms with E-state index in [1.54, 1.807) is 7.11 Å². The minimum Gasteiger partial charge on any atom is -0.504 e. The molecule has 2 bridgehead atoms.